The predicted molar refractivity (Wildman–Crippen MR) is 219 cm³/mol. The minimum absolute atomic E-state index is 0.0354. The molecule has 1 unspecified atom stereocenters. The normalized spacial score (nSPS) is 12.8. The molecule has 0 bridgehead atoms. The molecular weight excluding hydrogens is 812 g/mol. The number of hydrogen-bond acceptors (Lipinski definition) is 10. The van der Waals surface area contributed by atoms with E-state index < -0.39 is 61.0 Å². The van der Waals surface area contributed by atoms with Gasteiger partial charge < -0.3 is 28.7 Å². The molecule has 0 aromatic heterocycles. The molecule has 2 atom stereocenters. The quantitative estimate of drug-likeness (QED) is 0.0116. The molecule has 328 valence electrons. The first kappa shape index (κ1) is 54.4. The molecule has 0 radical (unpaired) electrons. The number of carbonyl (C=O) groups excluding carboxylic acids is 4. The lowest BCUT2D eigenvalue weighted by molar-refractivity contribution is -0.164. The highest BCUT2D eigenvalue weighted by atomic mass is 35.6. The van der Waals surface area contributed by atoms with Crippen molar-refractivity contribution in [1.82, 2.24) is 4.83 Å². The average Bonchev–Trinajstić information content (AvgIpc) is 3.13. The molecule has 0 spiro atoms. The van der Waals surface area contributed by atoms with Gasteiger partial charge in [0.25, 0.3) is 0 Å². The monoisotopic (exact) mass is 879 g/mol. The fourth-order valence-electron chi connectivity index (χ4n) is 5.66. The second kappa shape index (κ2) is 34.3. The molecule has 0 heterocycles. The molecular formula is C39H69Cl3NO12P. The molecule has 56 heavy (non-hydrogen) atoms. The molecule has 0 aliphatic heterocycles. The largest absolute Gasteiger partial charge is 0.463 e. The molecule has 13 nitrogen and oxygen atoms in total. The van der Waals surface area contributed by atoms with Gasteiger partial charge in [0.1, 0.15) is 19.3 Å². The number of hydrogen-bond donors (Lipinski definition) is 2. The zero-order valence-corrected chi connectivity index (χ0v) is 36.9. The van der Waals surface area contributed by atoms with Crippen molar-refractivity contribution < 1.29 is 57.3 Å². The van der Waals surface area contributed by atoms with Crippen molar-refractivity contribution in [3.05, 3.63) is 12.7 Å². The van der Waals surface area contributed by atoms with Gasteiger partial charge in [-0.3, -0.25) is 14.4 Å². The van der Waals surface area contributed by atoms with E-state index in [1.807, 2.05) is 0 Å². The van der Waals surface area contributed by atoms with Crippen LogP contribution in [0.5, 0.6) is 0 Å². The molecule has 0 aromatic carbocycles. The third-order valence-electron chi connectivity index (χ3n) is 8.90. The van der Waals surface area contributed by atoms with Crippen LogP contribution in [-0.4, -0.2) is 74.4 Å². The Bertz CT molecular complexity index is 1120. The van der Waals surface area contributed by atoms with Crippen molar-refractivity contribution in [2.75, 3.05) is 19.8 Å². The number of amides is 1. The fraction of sp³-hybridized carbons (Fsp3) is 0.846. The summed E-state index contributed by atoms with van der Waals surface area (Å²) in [5, 5.41) is 0. The average molecular weight is 881 g/mol. The Hall–Kier alpha value is -1.60. The van der Waals surface area contributed by atoms with Crippen molar-refractivity contribution in [2.45, 2.75) is 190 Å². The van der Waals surface area contributed by atoms with Crippen molar-refractivity contribution in [1.29, 1.82) is 0 Å². The van der Waals surface area contributed by atoms with Crippen LogP contribution in [0.25, 0.3) is 0 Å². The highest BCUT2D eigenvalue weighted by Gasteiger charge is 2.42. The Kier molecular flexibility index (Phi) is 33.3. The van der Waals surface area contributed by atoms with Gasteiger partial charge in [0.15, 0.2) is 6.10 Å². The van der Waals surface area contributed by atoms with Crippen LogP contribution in [0, 0.1) is 0 Å². The Morgan fingerprint density at radius 2 is 1.09 bits per heavy atom. The number of halogens is 3. The Morgan fingerprint density at radius 1 is 0.661 bits per heavy atom. The lowest BCUT2D eigenvalue weighted by Crippen LogP contribution is -2.40. The highest BCUT2D eigenvalue weighted by Crippen LogP contribution is 2.44. The maximum absolute atomic E-state index is 12.8. The molecule has 0 rings (SSSR count). The predicted octanol–water partition coefficient (Wildman–Crippen LogP) is 11.2. The molecule has 0 aliphatic carbocycles. The summed E-state index contributed by atoms with van der Waals surface area (Å²) in [6.07, 6.45) is 20.4. The molecule has 0 aromatic rings. The molecule has 1 amide bonds. The summed E-state index contributed by atoms with van der Waals surface area (Å²) in [5.41, 5.74) is 0. The van der Waals surface area contributed by atoms with E-state index in [0.29, 0.717) is 19.4 Å². The number of carbonyl (C=O) groups is 4. The summed E-state index contributed by atoms with van der Waals surface area (Å²) in [6, 6.07) is 0. The molecule has 0 aliphatic rings. The van der Waals surface area contributed by atoms with Crippen molar-refractivity contribution in [3.63, 3.8) is 0 Å². The van der Waals surface area contributed by atoms with E-state index >= 15 is 0 Å². The van der Waals surface area contributed by atoms with Crippen LogP contribution < -0.4 is 0 Å². The first-order valence-corrected chi connectivity index (χ1v) is 23.3. The summed E-state index contributed by atoms with van der Waals surface area (Å²) >= 11 is 17.5. The van der Waals surface area contributed by atoms with E-state index in [0.717, 1.165) is 76.7 Å². The maximum atomic E-state index is 12.8. The Balaban J connectivity index is 4.82. The van der Waals surface area contributed by atoms with Gasteiger partial charge in [-0.25, -0.2) is 14.2 Å². The van der Waals surface area contributed by atoms with E-state index in [9.17, 15) is 33.5 Å². The number of unbranched alkanes of at least 4 members (excludes halogenated alkanes) is 20. The first-order valence-electron chi connectivity index (χ1n) is 20.6. The SMILES string of the molecule is C=CC(=O)OCCCCCCCCCCCC(=O)O[C@@H](COC(=O)CCCCCCCCCCCCCCC)COC(=O)N(OC(CC)C(Cl)(Cl)Cl)P(=O)(O)O. The van der Waals surface area contributed by atoms with Gasteiger partial charge in [-0.1, -0.05) is 182 Å². The summed E-state index contributed by atoms with van der Waals surface area (Å²) in [5.74, 6) is -1.53. The number of rotatable bonds is 36. The topological polar surface area (TPSA) is 175 Å². The zero-order valence-electron chi connectivity index (χ0n) is 33.7. The minimum atomic E-state index is -5.41. The fourth-order valence-corrected chi connectivity index (χ4v) is 6.75. The minimum Gasteiger partial charge on any atom is -0.463 e. The summed E-state index contributed by atoms with van der Waals surface area (Å²) in [7, 11) is -5.41. The number of ether oxygens (including phenoxy) is 4. The second-order valence-electron chi connectivity index (χ2n) is 14.0. The van der Waals surface area contributed by atoms with E-state index in [1.165, 1.54) is 64.7 Å². The number of alkyl halides is 3. The van der Waals surface area contributed by atoms with Crippen LogP contribution >= 0.6 is 42.5 Å². The summed E-state index contributed by atoms with van der Waals surface area (Å²) < 4.78 is 30.7. The third-order valence-corrected chi connectivity index (χ3v) is 10.4. The second-order valence-corrected chi connectivity index (χ2v) is 17.8. The van der Waals surface area contributed by atoms with E-state index in [1.54, 1.807) is 0 Å². The van der Waals surface area contributed by atoms with E-state index in [2.05, 4.69) is 13.5 Å². The molecule has 0 saturated carbocycles. The smallest absolute Gasteiger partial charge is 0.459 e. The van der Waals surface area contributed by atoms with E-state index in [4.69, 9.17) is 58.6 Å². The van der Waals surface area contributed by atoms with Gasteiger partial charge in [-0.05, 0) is 25.7 Å². The number of nitrogens with zero attached hydrogens (tertiary/aromatic N) is 1. The maximum Gasteiger partial charge on any atom is 0.459 e. The van der Waals surface area contributed by atoms with Gasteiger partial charge in [0.05, 0.1) is 6.61 Å². The van der Waals surface area contributed by atoms with Gasteiger partial charge >= 0.3 is 31.7 Å². The molecule has 0 fully saturated rings. The zero-order chi connectivity index (χ0) is 42.1. The standard InChI is InChI=1S/C39H69Cl3NO12P/c1-4-7-8-9-10-11-12-13-14-16-19-22-25-28-36(45)52-31-33(32-53-38(47)43(56(48,49)50)55-34(5-2)39(40,41)42)54-37(46)29-26-23-20-17-15-18-21-24-27-30-51-35(44)6-3/h6,33-34H,3-5,7-32H2,1-2H3,(H2,48,49,50)/t33-,34?/m0/s1. The van der Waals surface area contributed by atoms with Crippen molar-refractivity contribution >= 4 is 66.6 Å². The van der Waals surface area contributed by atoms with E-state index in [-0.39, 0.29) is 24.1 Å². The van der Waals surface area contributed by atoms with Crippen LogP contribution in [0.1, 0.15) is 174 Å². The first-order chi connectivity index (χ1) is 26.6. The van der Waals surface area contributed by atoms with Crippen LogP contribution in [0.3, 0.4) is 0 Å². The van der Waals surface area contributed by atoms with Crippen LogP contribution in [-0.2, 0) is 42.7 Å². The van der Waals surface area contributed by atoms with Gasteiger partial charge in [-0.2, -0.15) is 0 Å². The number of hydroxylamine groups is 1. The van der Waals surface area contributed by atoms with Crippen LogP contribution in [0.15, 0.2) is 12.7 Å². The third kappa shape index (κ3) is 31.4. The van der Waals surface area contributed by atoms with Gasteiger partial charge in [-0.15, -0.1) is 0 Å². The molecule has 0 saturated heterocycles. The lowest BCUT2D eigenvalue weighted by atomic mass is 10.0. The highest BCUT2D eigenvalue weighted by molar-refractivity contribution is 7.49. The van der Waals surface area contributed by atoms with Crippen molar-refractivity contribution in [3.8, 4) is 0 Å². The van der Waals surface area contributed by atoms with Gasteiger partial charge in [0, 0.05) is 18.9 Å². The lowest BCUT2D eigenvalue weighted by Gasteiger charge is -2.29. The van der Waals surface area contributed by atoms with Crippen molar-refractivity contribution in [2.24, 2.45) is 0 Å². The number of esters is 3. The van der Waals surface area contributed by atoms with Crippen LogP contribution in [0.4, 0.5) is 4.79 Å². The Labute approximate surface area is 350 Å². The molecule has 17 heteroatoms. The molecule has 2 N–H and O–H groups in total. The summed E-state index contributed by atoms with van der Waals surface area (Å²) in [4.78, 5) is 73.2. The Morgan fingerprint density at radius 3 is 1.52 bits per heavy atom. The van der Waals surface area contributed by atoms with Gasteiger partial charge in [0.2, 0.25) is 3.79 Å². The summed E-state index contributed by atoms with van der Waals surface area (Å²) in [6.45, 7) is 6.36. The van der Waals surface area contributed by atoms with Crippen LogP contribution in [0.2, 0.25) is 0 Å².